The molecule has 0 unspecified atom stereocenters. The van der Waals surface area contributed by atoms with Crippen LogP contribution in [0.2, 0.25) is 0 Å². The smallest absolute Gasteiger partial charge is 0.221 e. The van der Waals surface area contributed by atoms with Crippen LogP contribution < -0.4 is 5.32 Å². The predicted molar refractivity (Wildman–Crippen MR) is 69.9 cm³/mol. The number of amides is 1. The molecule has 0 saturated heterocycles. The van der Waals surface area contributed by atoms with Crippen molar-refractivity contribution in [3.8, 4) is 0 Å². The molecule has 1 fully saturated rings. The van der Waals surface area contributed by atoms with Crippen molar-refractivity contribution < 1.29 is 18.3 Å². The molecule has 1 aliphatic rings. The summed E-state index contributed by atoms with van der Waals surface area (Å²) in [4.78, 5) is 11.5. The van der Waals surface area contributed by atoms with Gasteiger partial charge in [-0.1, -0.05) is 6.92 Å². The Morgan fingerprint density at radius 2 is 1.94 bits per heavy atom. The van der Waals surface area contributed by atoms with Crippen molar-refractivity contribution in [3.63, 3.8) is 0 Å². The Kier molecular flexibility index (Phi) is 5.16. The van der Waals surface area contributed by atoms with Crippen molar-refractivity contribution in [1.82, 2.24) is 5.32 Å². The molecular formula is C12H23NO4S. The van der Waals surface area contributed by atoms with Crippen LogP contribution >= 0.6 is 0 Å². The summed E-state index contributed by atoms with van der Waals surface area (Å²) in [6.07, 6.45) is 4.40. The first-order valence-electron chi connectivity index (χ1n) is 6.37. The molecule has 0 spiro atoms. The highest BCUT2D eigenvalue weighted by molar-refractivity contribution is 7.90. The molecule has 6 heteroatoms. The summed E-state index contributed by atoms with van der Waals surface area (Å²) in [5, 5.41) is 12.9. The Labute approximate surface area is 109 Å². The van der Waals surface area contributed by atoms with Gasteiger partial charge in [0.15, 0.2) is 0 Å². The van der Waals surface area contributed by atoms with Crippen LogP contribution in [0.5, 0.6) is 0 Å². The van der Waals surface area contributed by atoms with Gasteiger partial charge in [0.2, 0.25) is 5.91 Å². The van der Waals surface area contributed by atoms with Gasteiger partial charge in [-0.3, -0.25) is 4.79 Å². The number of hydrogen-bond donors (Lipinski definition) is 2. The lowest BCUT2D eigenvalue weighted by molar-refractivity contribution is -0.122. The van der Waals surface area contributed by atoms with Gasteiger partial charge in [0.1, 0.15) is 9.84 Å². The molecule has 5 nitrogen and oxygen atoms in total. The Hall–Kier alpha value is -0.620. The van der Waals surface area contributed by atoms with Crippen LogP contribution in [0.25, 0.3) is 0 Å². The van der Waals surface area contributed by atoms with E-state index in [1.54, 1.807) is 0 Å². The van der Waals surface area contributed by atoms with Crippen LogP contribution in [0.15, 0.2) is 0 Å². The number of carbonyl (C=O) groups excluding carboxylic acids is 1. The highest BCUT2D eigenvalue weighted by Gasteiger charge is 2.31. The molecule has 0 bridgehead atoms. The maximum atomic E-state index is 11.5. The van der Waals surface area contributed by atoms with Crippen molar-refractivity contribution in [2.24, 2.45) is 5.92 Å². The van der Waals surface area contributed by atoms with E-state index in [-0.39, 0.29) is 24.6 Å². The van der Waals surface area contributed by atoms with Gasteiger partial charge in [-0.25, -0.2) is 8.42 Å². The lowest BCUT2D eigenvalue weighted by Gasteiger charge is -2.34. The number of hydrogen-bond acceptors (Lipinski definition) is 4. The van der Waals surface area contributed by atoms with E-state index in [9.17, 15) is 18.3 Å². The van der Waals surface area contributed by atoms with E-state index in [0.717, 1.165) is 19.1 Å². The normalized spacial score (nSPS) is 28.9. The number of carbonyl (C=O) groups is 1. The molecule has 0 aromatic rings. The fraction of sp³-hybridized carbons (Fsp3) is 0.917. The molecule has 0 heterocycles. The third-order valence-electron chi connectivity index (χ3n) is 3.52. The first-order chi connectivity index (χ1) is 8.20. The molecular weight excluding hydrogens is 254 g/mol. The molecule has 1 rings (SSSR count). The van der Waals surface area contributed by atoms with Gasteiger partial charge in [0.25, 0.3) is 0 Å². The van der Waals surface area contributed by atoms with Crippen molar-refractivity contribution in [2.75, 3.05) is 18.6 Å². The second-order valence-corrected chi connectivity index (χ2v) is 7.82. The van der Waals surface area contributed by atoms with Gasteiger partial charge in [-0.05, 0) is 31.6 Å². The number of nitrogens with one attached hydrogen (secondary N) is 1. The van der Waals surface area contributed by atoms with Crippen molar-refractivity contribution in [1.29, 1.82) is 0 Å². The minimum atomic E-state index is -3.11. The van der Waals surface area contributed by atoms with Crippen LogP contribution in [0.1, 0.15) is 39.0 Å². The van der Waals surface area contributed by atoms with Gasteiger partial charge in [-0.2, -0.15) is 0 Å². The highest BCUT2D eigenvalue weighted by Crippen LogP contribution is 2.31. The first-order valence-corrected chi connectivity index (χ1v) is 8.43. The van der Waals surface area contributed by atoms with Gasteiger partial charge < -0.3 is 10.4 Å². The molecule has 0 radical (unpaired) electrons. The van der Waals surface area contributed by atoms with E-state index in [4.69, 9.17) is 0 Å². The maximum Gasteiger partial charge on any atom is 0.221 e. The third kappa shape index (κ3) is 5.82. The van der Waals surface area contributed by atoms with Crippen molar-refractivity contribution >= 4 is 15.7 Å². The Morgan fingerprint density at radius 3 is 2.44 bits per heavy atom. The van der Waals surface area contributed by atoms with Gasteiger partial charge in [0, 0.05) is 19.2 Å². The Bertz CT molecular complexity index is 383. The van der Waals surface area contributed by atoms with Crippen molar-refractivity contribution in [2.45, 2.75) is 44.6 Å². The maximum absolute atomic E-state index is 11.5. The fourth-order valence-electron chi connectivity index (χ4n) is 2.11. The summed E-state index contributed by atoms with van der Waals surface area (Å²) in [6.45, 7) is 2.38. The summed E-state index contributed by atoms with van der Waals surface area (Å²) in [7, 11) is -3.11. The van der Waals surface area contributed by atoms with E-state index in [2.05, 4.69) is 12.2 Å². The third-order valence-corrected chi connectivity index (χ3v) is 4.47. The van der Waals surface area contributed by atoms with E-state index < -0.39 is 15.4 Å². The van der Waals surface area contributed by atoms with Crippen LogP contribution in [0.4, 0.5) is 0 Å². The van der Waals surface area contributed by atoms with E-state index in [1.807, 2.05) is 0 Å². The average molecular weight is 277 g/mol. The van der Waals surface area contributed by atoms with Crippen LogP contribution in [0, 0.1) is 5.92 Å². The number of aliphatic hydroxyl groups is 1. The monoisotopic (exact) mass is 277 g/mol. The number of sulfone groups is 1. The lowest BCUT2D eigenvalue weighted by Crippen LogP contribution is -2.45. The summed E-state index contributed by atoms with van der Waals surface area (Å²) < 4.78 is 21.8. The summed E-state index contributed by atoms with van der Waals surface area (Å²) in [5.41, 5.74) is -0.812. The molecule has 1 saturated carbocycles. The second-order valence-electron chi connectivity index (χ2n) is 5.56. The highest BCUT2D eigenvalue weighted by atomic mass is 32.2. The molecule has 0 atom stereocenters. The zero-order valence-corrected chi connectivity index (χ0v) is 11.9. The molecule has 1 aliphatic carbocycles. The summed E-state index contributed by atoms with van der Waals surface area (Å²) >= 11 is 0. The molecule has 1 amide bonds. The Balaban J connectivity index is 2.30. The first kappa shape index (κ1) is 15.4. The molecule has 2 N–H and O–H groups in total. The summed E-state index contributed by atoms with van der Waals surface area (Å²) in [6, 6.07) is 0. The quantitative estimate of drug-likeness (QED) is 0.765. The SMILES string of the molecule is CC1CCC(O)(CNC(=O)CCS(C)(=O)=O)CC1. The Morgan fingerprint density at radius 1 is 1.39 bits per heavy atom. The van der Waals surface area contributed by atoms with Crippen LogP contribution in [-0.4, -0.2) is 43.6 Å². The van der Waals surface area contributed by atoms with Gasteiger partial charge in [0.05, 0.1) is 11.4 Å². The average Bonchev–Trinajstić information content (AvgIpc) is 2.27. The molecule has 0 aromatic heterocycles. The lowest BCUT2D eigenvalue weighted by atomic mass is 9.79. The van der Waals surface area contributed by atoms with Gasteiger partial charge >= 0.3 is 0 Å². The van der Waals surface area contributed by atoms with Crippen molar-refractivity contribution in [3.05, 3.63) is 0 Å². The van der Waals surface area contributed by atoms with Gasteiger partial charge in [-0.15, -0.1) is 0 Å². The fourth-order valence-corrected chi connectivity index (χ4v) is 2.66. The second kappa shape index (κ2) is 6.02. The van der Waals surface area contributed by atoms with E-state index in [1.165, 1.54) is 0 Å². The molecule has 0 aromatic carbocycles. The van der Waals surface area contributed by atoms with E-state index in [0.29, 0.717) is 18.8 Å². The standard InChI is InChI=1S/C12H23NO4S/c1-10-3-6-12(15,7-4-10)9-13-11(14)5-8-18(2,16)17/h10,15H,3-9H2,1-2H3,(H,13,14). The number of rotatable bonds is 5. The van der Waals surface area contributed by atoms with Crippen LogP contribution in [-0.2, 0) is 14.6 Å². The molecule has 18 heavy (non-hydrogen) atoms. The van der Waals surface area contributed by atoms with E-state index >= 15 is 0 Å². The zero-order valence-electron chi connectivity index (χ0n) is 11.1. The molecule has 106 valence electrons. The molecule has 0 aliphatic heterocycles. The minimum absolute atomic E-state index is 0.0364. The summed E-state index contributed by atoms with van der Waals surface area (Å²) in [5.74, 6) is 0.174. The minimum Gasteiger partial charge on any atom is -0.388 e. The predicted octanol–water partition coefficient (Wildman–Crippen LogP) is 0.478. The largest absolute Gasteiger partial charge is 0.388 e. The zero-order chi connectivity index (χ0) is 13.8. The topological polar surface area (TPSA) is 83.5 Å². The van der Waals surface area contributed by atoms with Crippen LogP contribution in [0.3, 0.4) is 0 Å².